The third kappa shape index (κ3) is 3.65. The fourth-order valence-corrected chi connectivity index (χ4v) is 3.17. The highest BCUT2D eigenvalue weighted by Gasteiger charge is 2.33. The van der Waals surface area contributed by atoms with Crippen molar-refractivity contribution >= 4 is 23.2 Å². The average Bonchev–Trinajstić information content (AvgIpc) is 2.91. The van der Waals surface area contributed by atoms with Crippen molar-refractivity contribution < 1.29 is 14.3 Å². The maximum atomic E-state index is 12.9. The number of hydrogen-bond donors (Lipinski definition) is 1. The summed E-state index contributed by atoms with van der Waals surface area (Å²) in [6.45, 7) is 5.27. The molecule has 0 fully saturated rings. The highest BCUT2D eigenvalue weighted by Crippen LogP contribution is 2.32. The Kier molecular flexibility index (Phi) is 4.74. The molecule has 0 bridgehead atoms. The number of ether oxygens (including phenoxy) is 1. The van der Waals surface area contributed by atoms with Crippen LogP contribution in [0.2, 0.25) is 0 Å². The summed E-state index contributed by atoms with van der Waals surface area (Å²) in [6.07, 6.45) is 0.264. The number of rotatable bonds is 4. The molecule has 0 saturated carbocycles. The average molecular weight is 338 g/mol. The molecule has 5 nitrogen and oxygen atoms in total. The summed E-state index contributed by atoms with van der Waals surface area (Å²) < 4.78 is 5.81. The molecule has 1 aliphatic heterocycles. The highest BCUT2D eigenvalue weighted by molar-refractivity contribution is 5.99. The molecule has 0 aromatic heterocycles. The Balaban J connectivity index is 1.70. The lowest BCUT2D eigenvalue weighted by Gasteiger charge is -2.26. The second-order valence-electron chi connectivity index (χ2n) is 6.36. The van der Waals surface area contributed by atoms with Crippen LogP contribution in [0, 0.1) is 0 Å². The maximum absolute atomic E-state index is 12.9. The molecule has 3 rings (SSSR count). The number of nitrogens with zero attached hydrogens (tertiary/aromatic N) is 1. The Bertz CT molecular complexity index is 786. The van der Waals surface area contributed by atoms with Crippen molar-refractivity contribution in [2.45, 2.75) is 39.3 Å². The van der Waals surface area contributed by atoms with E-state index in [0.29, 0.717) is 11.4 Å². The number of carbonyl (C=O) groups is 2. The van der Waals surface area contributed by atoms with Crippen molar-refractivity contribution in [3.8, 4) is 5.75 Å². The van der Waals surface area contributed by atoms with Gasteiger partial charge in [0.05, 0.1) is 0 Å². The number of nitrogens with one attached hydrogen (secondary N) is 1. The van der Waals surface area contributed by atoms with Gasteiger partial charge < -0.3 is 15.0 Å². The molecule has 1 N–H and O–H groups in total. The van der Waals surface area contributed by atoms with Crippen LogP contribution in [0.25, 0.3) is 0 Å². The van der Waals surface area contributed by atoms with Crippen LogP contribution < -0.4 is 15.0 Å². The van der Waals surface area contributed by atoms with Gasteiger partial charge in [0.1, 0.15) is 5.75 Å². The van der Waals surface area contributed by atoms with Gasteiger partial charge in [-0.05, 0) is 56.2 Å². The standard InChI is InChI=1S/C20H22N2O3/c1-13-12-16-6-4-5-7-19(16)22(13)20(24)14(2)25-18-10-8-17(9-11-18)21-15(3)23/h4-11,13-14H,12H2,1-3H3,(H,21,23)/t13-,14+/m1/s1. The van der Waals surface area contributed by atoms with E-state index in [1.165, 1.54) is 12.5 Å². The van der Waals surface area contributed by atoms with E-state index in [2.05, 4.69) is 11.4 Å². The summed E-state index contributed by atoms with van der Waals surface area (Å²) in [5, 5.41) is 2.70. The molecular weight excluding hydrogens is 316 g/mol. The van der Waals surface area contributed by atoms with Gasteiger partial charge in [-0.1, -0.05) is 18.2 Å². The van der Waals surface area contributed by atoms with Gasteiger partial charge in [-0.25, -0.2) is 0 Å². The van der Waals surface area contributed by atoms with Crippen molar-refractivity contribution in [3.05, 3.63) is 54.1 Å². The Morgan fingerprint density at radius 1 is 1.16 bits per heavy atom. The fraction of sp³-hybridized carbons (Fsp3) is 0.300. The van der Waals surface area contributed by atoms with Crippen LogP contribution in [0.5, 0.6) is 5.75 Å². The summed E-state index contributed by atoms with van der Waals surface area (Å²) in [5.74, 6) is 0.414. The third-order valence-corrected chi connectivity index (χ3v) is 4.28. The number of fused-ring (bicyclic) bond motifs is 1. The second-order valence-corrected chi connectivity index (χ2v) is 6.36. The second kappa shape index (κ2) is 6.97. The van der Waals surface area contributed by atoms with E-state index >= 15 is 0 Å². The zero-order valence-electron chi connectivity index (χ0n) is 14.7. The van der Waals surface area contributed by atoms with Gasteiger partial charge in [-0.2, -0.15) is 0 Å². The summed E-state index contributed by atoms with van der Waals surface area (Å²) in [7, 11) is 0. The van der Waals surface area contributed by atoms with Crippen LogP contribution in [0.3, 0.4) is 0 Å². The van der Waals surface area contributed by atoms with Gasteiger partial charge in [0.25, 0.3) is 5.91 Å². The molecule has 0 saturated heterocycles. The van der Waals surface area contributed by atoms with E-state index in [1.54, 1.807) is 31.2 Å². The van der Waals surface area contributed by atoms with Gasteiger partial charge in [-0.15, -0.1) is 0 Å². The van der Waals surface area contributed by atoms with Gasteiger partial charge in [0.2, 0.25) is 5.91 Å². The normalized spacial score (nSPS) is 16.9. The van der Waals surface area contributed by atoms with Crippen molar-refractivity contribution in [1.29, 1.82) is 0 Å². The molecule has 1 heterocycles. The highest BCUT2D eigenvalue weighted by atomic mass is 16.5. The van der Waals surface area contributed by atoms with Crippen LogP contribution in [0.4, 0.5) is 11.4 Å². The molecule has 2 atom stereocenters. The number of carbonyl (C=O) groups excluding carboxylic acids is 2. The van der Waals surface area contributed by atoms with Crippen LogP contribution in [0.1, 0.15) is 26.3 Å². The summed E-state index contributed by atoms with van der Waals surface area (Å²) in [6, 6.07) is 15.1. The first kappa shape index (κ1) is 17.0. The molecule has 1 aliphatic rings. The molecule has 0 aliphatic carbocycles. The van der Waals surface area contributed by atoms with Gasteiger partial charge in [0.15, 0.2) is 6.10 Å². The monoisotopic (exact) mass is 338 g/mol. The predicted octanol–water partition coefficient (Wildman–Crippen LogP) is 3.39. The smallest absolute Gasteiger partial charge is 0.268 e. The molecule has 0 spiro atoms. The molecule has 25 heavy (non-hydrogen) atoms. The van der Waals surface area contributed by atoms with E-state index in [4.69, 9.17) is 4.74 Å². The molecule has 0 unspecified atom stereocenters. The summed E-state index contributed by atoms with van der Waals surface area (Å²) in [4.78, 5) is 25.8. The van der Waals surface area contributed by atoms with Crippen molar-refractivity contribution in [2.75, 3.05) is 10.2 Å². The first-order chi connectivity index (χ1) is 12.0. The Morgan fingerprint density at radius 3 is 2.52 bits per heavy atom. The molecule has 2 aromatic carbocycles. The minimum atomic E-state index is -0.597. The van der Waals surface area contributed by atoms with Gasteiger partial charge >= 0.3 is 0 Å². The quantitative estimate of drug-likeness (QED) is 0.929. The Labute approximate surface area is 147 Å². The minimum absolute atomic E-state index is 0.0524. The van der Waals surface area contributed by atoms with E-state index in [1.807, 2.05) is 30.0 Å². The topological polar surface area (TPSA) is 58.6 Å². The fourth-order valence-electron chi connectivity index (χ4n) is 3.17. The van der Waals surface area contributed by atoms with Crippen LogP contribution in [0.15, 0.2) is 48.5 Å². The maximum Gasteiger partial charge on any atom is 0.268 e. The number of para-hydroxylation sites is 1. The lowest BCUT2D eigenvalue weighted by molar-refractivity contribution is -0.124. The van der Waals surface area contributed by atoms with Crippen molar-refractivity contribution in [2.24, 2.45) is 0 Å². The number of benzene rings is 2. The van der Waals surface area contributed by atoms with Crippen LogP contribution in [-0.2, 0) is 16.0 Å². The molecular formula is C20H22N2O3. The minimum Gasteiger partial charge on any atom is -0.481 e. The largest absolute Gasteiger partial charge is 0.481 e. The van der Waals surface area contributed by atoms with Crippen LogP contribution >= 0.6 is 0 Å². The zero-order valence-corrected chi connectivity index (χ0v) is 14.7. The van der Waals surface area contributed by atoms with Crippen LogP contribution in [-0.4, -0.2) is 24.0 Å². The Hall–Kier alpha value is -2.82. The lowest BCUT2D eigenvalue weighted by atomic mass is 10.1. The van der Waals surface area contributed by atoms with E-state index in [9.17, 15) is 9.59 Å². The summed E-state index contributed by atoms with van der Waals surface area (Å²) in [5.41, 5.74) is 2.85. The van der Waals surface area contributed by atoms with E-state index in [-0.39, 0.29) is 17.9 Å². The molecule has 0 radical (unpaired) electrons. The zero-order chi connectivity index (χ0) is 18.0. The van der Waals surface area contributed by atoms with Crippen molar-refractivity contribution in [3.63, 3.8) is 0 Å². The van der Waals surface area contributed by atoms with Gasteiger partial charge in [-0.3, -0.25) is 9.59 Å². The number of amides is 2. The molecule has 2 aromatic rings. The van der Waals surface area contributed by atoms with Gasteiger partial charge in [0, 0.05) is 24.3 Å². The lowest BCUT2D eigenvalue weighted by Crippen LogP contribution is -2.43. The number of hydrogen-bond acceptors (Lipinski definition) is 3. The Morgan fingerprint density at radius 2 is 1.84 bits per heavy atom. The SMILES string of the molecule is CC(=O)Nc1ccc(O[C@@H](C)C(=O)N2c3ccccc3C[C@H]2C)cc1. The third-order valence-electron chi connectivity index (χ3n) is 4.28. The molecule has 2 amide bonds. The first-order valence-corrected chi connectivity index (χ1v) is 8.41. The number of anilines is 2. The molecule has 130 valence electrons. The molecule has 5 heteroatoms. The van der Waals surface area contributed by atoms with E-state index in [0.717, 1.165) is 12.1 Å². The first-order valence-electron chi connectivity index (χ1n) is 8.41. The summed E-state index contributed by atoms with van der Waals surface area (Å²) >= 11 is 0. The van der Waals surface area contributed by atoms with Crippen molar-refractivity contribution in [1.82, 2.24) is 0 Å². The predicted molar refractivity (Wildman–Crippen MR) is 97.9 cm³/mol. The van der Waals surface area contributed by atoms with E-state index < -0.39 is 6.10 Å².